The maximum atomic E-state index is 13.9. The molecular formula is C13H13F3O4. The van der Waals surface area contributed by atoms with Crippen LogP contribution in [0.5, 0.6) is 5.75 Å². The third kappa shape index (κ3) is 3.49. The van der Waals surface area contributed by atoms with Crippen LogP contribution in [0.15, 0.2) is 6.07 Å². The minimum atomic E-state index is -1.52. The number of carbonyl (C=O) groups is 2. The molecule has 4 nitrogen and oxygen atoms in total. The van der Waals surface area contributed by atoms with Gasteiger partial charge in [-0.3, -0.25) is 9.59 Å². The van der Waals surface area contributed by atoms with Crippen molar-refractivity contribution in [3.8, 4) is 5.75 Å². The van der Waals surface area contributed by atoms with Crippen molar-refractivity contribution in [3.63, 3.8) is 0 Å². The molecule has 0 radical (unpaired) electrons. The third-order valence-corrected chi connectivity index (χ3v) is 2.32. The molecule has 0 aliphatic heterocycles. The van der Waals surface area contributed by atoms with E-state index in [2.05, 4.69) is 9.47 Å². The summed E-state index contributed by atoms with van der Waals surface area (Å²) in [7, 11) is 0. The Balaban J connectivity index is 3.12. The Morgan fingerprint density at radius 2 is 1.75 bits per heavy atom. The van der Waals surface area contributed by atoms with Crippen molar-refractivity contribution in [2.45, 2.75) is 20.3 Å². The summed E-state index contributed by atoms with van der Waals surface area (Å²) >= 11 is 0. The molecule has 1 aromatic rings. The van der Waals surface area contributed by atoms with Gasteiger partial charge in [0.15, 0.2) is 23.2 Å². The molecule has 7 heteroatoms. The van der Waals surface area contributed by atoms with Gasteiger partial charge in [-0.25, -0.2) is 8.78 Å². The standard InChI is InChI=1S/C13H13F3O4/c1-3-19-10(18)6-9(17)7-5-8(14)12(16)13(11(7)15)20-4-2/h5H,3-4,6H2,1-2H3. The van der Waals surface area contributed by atoms with Gasteiger partial charge < -0.3 is 9.47 Å². The molecule has 0 amide bonds. The van der Waals surface area contributed by atoms with Crippen LogP contribution in [0, 0.1) is 17.5 Å². The molecule has 0 spiro atoms. The van der Waals surface area contributed by atoms with Crippen LogP contribution in [0.2, 0.25) is 0 Å². The van der Waals surface area contributed by atoms with Crippen LogP contribution in [0.3, 0.4) is 0 Å². The van der Waals surface area contributed by atoms with E-state index in [1.165, 1.54) is 13.8 Å². The maximum Gasteiger partial charge on any atom is 0.313 e. The van der Waals surface area contributed by atoms with E-state index >= 15 is 0 Å². The maximum absolute atomic E-state index is 13.9. The first-order chi connectivity index (χ1) is 9.42. The summed E-state index contributed by atoms with van der Waals surface area (Å²) in [6.07, 6.45) is -0.763. The molecule has 1 aromatic carbocycles. The molecule has 0 fully saturated rings. The van der Waals surface area contributed by atoms with Crippen molar-refractivity contribution >= 4 is 11.8 Å². The Bertz CT molecular complexity index is 529. The summed E-state index contributed by atoms with van der Waals surface area (Å²) < 4.78 is 49.7. The highest BCUT2D eigenvalue weighted by atomic mass is 19.2. The predicted octanol–water partition coefficient (Wildman–Crippen LogP) is 2.64. The monoisotopic (exact) mass is 290 g/mol. The van der Waals surface area contributed by atoms with Crippen LogP contribution < -0.4 is 4.74 Å². The topological polar surface area (TPSA) is 52.6 Å². The largest absolute Gasteiger partial charge is 0.488 e. The molecule has 0 aliphatic rings. The van der Waals surface area contributed by atoms with Gasteiger partial charge in [-0.05, 0) is 19.9 Å². The Labute approximate surface area is 113 Å². The average Bonchev–Trinajstić information content (AvgIpc) is 2.39. The second kappa shape index (κ2) is 6.93. The van der Waals surface area contributed by atoms with Crippen LogP contribution in [0.25, 0.3) is 0 Å². The molecule has 0 bridgehead atoms. The van der Waals surface area contributed by atoms with Gasteiger partial charge in [0.05, 0.1) is 18.8 Å². The molecule has 0 N–H and O–H groups in total. The van der Waals surface area contributed by atoms with Gasteiger partial charge in [-0.1, -0.05) is 0 Å². The number of ketones is 1. The summed E-state index contributed by atoms with van der Waals surface area (Å²) in [5, 5.41) is 0. The highest BCUT2D eigenvalue weighted by Crippen LogP contribution is 2.28. The lowest BCUT2D eigenvalue weighted by Gasteiger charge is -2.10. The van der Waals surface area contributed by atoms with Gasteiger partial charge in [0, 0.05) is 0 Å². The van der Waals surface area contributed by atoms with Crippen LogP contribution in [0.1, 0.15) is 30.6 Å². The van der Waals surface area contributed by atoms with Gasteiger partial charge >= 0.3 is 5.97 Å². The van der Waals surface area contributed by atoms with Crippen LogP contribution in [-0.2, 0) is 9.53 Å². The molecule has 0 saturated heterocycles. The number of hydrogen-bond acceptors (Lipinski definition) is 4. The van der Waals surface area contributed by atoms with Crippen LogP contribution in [-0.4, -0.2) is 25.0 Å². The van der Waals surface area contributed by atoms with Crippen molar-refractivity contribution < 1.29 is 32.2 Å². The number of rotatable bonds is 6. The molecule has 20 heavy (non-hydrogen) atoms. The smallest absolute Gasteiger partial charge is 0.313 e. The lowest BCUT2D eigenvalue weighted by molar-refractivity contribution is -0.141. The van der Waals surface area contributed by atoms with E-state index in [9.17, 15) is 22.8 Å². The average molecular weight is 290 g/mol. The summed E-state index contributed by atoms with van der Waals surface area (Å²) in [6.45, 7) is 2.93. The fraction of sp³-hybridized carbons (Fsp3) is 0.385. The number of benzene rings is 1. The summed E-state index contributed by atoms with van der Waals surface area (Å²) in [5.74, 6) is -7.14. The first-order valence-corrected chi connectivity index (χ1v) is 5.91. The van der Waals surface area contributed by atoms with E-state index in [4.69, 9.17) is 0 Å². The van der Waals surface area contributed by atoms with Crippen LogP contribution in [0.4, 0.5) is 13.2 Å². The quantitative estimate of drug-likeness (QED) is 0.350. The molecular weight excluding hydrogens is 277 g/mol. The molecule has 0 heterocycles. The summed E-state index contributed by atoms with van der Waals surface area (Å²) in [4.78, 5) is 22.8. The van der Waals surface area contributed by atoms with Gasteiger partial charge in [0.1, 0.15) is 6.42 Å². The number of carbonyl (C=O) groups excluding carboxylic acids is 2. The number of hydrogen-bond donors (Lipinski definition) is 0. The third-order valence-electron chi connectivity index (χ3n) is 2.32. The molecule has 0 unspecified atom stereocenters. The number of halogens is 3. The second-order valence-electron chi connectivity index (χ2n) is 3.70. The number of esters is 1. The van der Waals surface area contributed by atoms with E-state index in [1.807, 2.05) is 0 Å². The summed E-state index contributed by atoms with van der Waals surface area (Å²) in [5.41, 5.74) is -0.750. The van der Waals surface area contributed by atoms with Gasteiger partial charge in [0.2, 0.25) is 5.82 Å². The highest BCUT2D eigenvalue weighted by molar-refractivity contribution is 6.06. The zero-order valence-corrected chi connectivity index (χ0v) is 11.0. The fourth-order valence-electron chi connectivity index (χ4n) is 1.49. The zero-order valence-electron chi connectivity index (χ0n) is 11.0. The first-order valence-electron chi connectivity index (χ1n) is 5.91. The second-order valence-corrected chi connectivity index (χ2v) is 3.70. The summed E-state index contributed by atoms with van der Waals surface area (Å²) in [6, 6.07) is 0.398. The van der Waals surface area contributed by atoms with E-state index in [-0.39, 0.29) is 13.2 Å². The normalized spacial score (nSPS) is 10.2. The van der Waals surface area contributed by atoms with Crippen molar-refractivity contribution in [3.05, 3.63) is 29.1 Å². The SMILES string of the molecule is CCOC(=O)CC(=O)c1cc(F)c(F)c(OCC)c1F. The first kappa shape index (κ1) is 16.0. The Morgan fingerprint density at radius 1 is 1.10 bits per heavy atom. The Morgan fingerprint density at radius 3 is 2.30 bits per heavy atom. The molecule has 0 atom stereocenters. The number of ether oxygens (including phenoxy) is 2. The van der Waals surface area contributed by atoms with E-state index in [1.54, 1.807) is 0 Å². The van der Waals surface area contributed by atoms with Crippen molar-refractivity contribution in [1.29, 1.82) is 0 Å². The molecule has 0 aromatic heterocycles. The molecule has 1 rings (SSSR count). The zero-order chi connectivity index (χ0) is 15.3. The molecule has 0 aliphatic carbocycles. The molecule has 110 valence electrons. The lowest BCUT2D eigenvalue weighted by atomic mass is 10.1. The van der Waals surface area contributed by atoms with Crippen molar-refractivity contribution in [2.24, 2.45) is 0 Å². The van der Waals surface area contributed by atoms with Gasteiger partial charge in [-0.15, -0.1) is 0 Å². The van der Waals surface area contributed by atoms with Crippen molar-refractivity contribution in [2.75, 3.05) is 13.2 Å². The fourth-order valence-corrected chi connectivity index (χ4v) is 1.49. The lowest BCUT2D eigenvalue weighted by Crippen LogP contribution is -2.14. The minimum absolute atomic E-state index is 0.0522. The minimum Gasteiger partial charge on any atom is -0.488 e. The van der Waals surface area contributed by atoms with Gasteiger partial charge in [-0.2, -0.15) is 4.39 Å². The van der Waals surface area contributed by atoms with Gasteiger partial charge in [0.25, 0.3) is 0 Å². The van der Waals surface area contributed by atoms with E-state index < -0.39 is 46.9 Å². The predicted molar refractivity (Wildman–Crippen MR) is 63.1 cm³/mol. The molecule has 0 saturated carbocycles. The van der Waals surface area contributed by atoms with Crippen molar-refractivity contribution in [1.82, 2.24) is 0 Å². The highest BCUT2D eigenvalue weighted by Gasteiger charge is 2.25. The van der Waals surface area contributed by atoms with Crippen LogP contribution >= 0.6 is 0 Å². The Kier molecular flexibility index (Phi) is 5.54. The van der Waals surface area contributed by atoms with E-state index in [0.29, 0.717) is 6.07 Å². The number of Topliss-reactive ketones (excluding diaryl/α,β-unsaturated/α-hetero) is 1. The van der Waals surface area contributed by atoms with E-state index in [0.717, 1.165) is 0 Å². The Hall–Kier alpha value is -2.05.